The predicted molar refractivity (Wildman–Crippen MR) is 57.7 cm³/mol. The smallest absolute Gasteiger partial charge is 0.0965 e. The van der Waals surface area contributed by atoms with Gasteiger partial charge in [-0.15, -0.1) is 0 Å². The van der Waals surface area contributed by atoms with Crippen molar-refractivity contribution in [2.45, 2.75) is 6.10 Å². The lowest BCUT2D eigenvalue weighted by Gasteiger charge is -2.23. The Bertz CT molecular complexity index is 460. The summed E-state index contributed by atoms with van der Waals surface area (Å²) in [6.07, 6.45) is 3.94. The van der Waals surface area contributed by atoms with Crippen LogP contribution >= 0.6 is 0 Å². The van der Waals surface area contributed by atoms with Crippen LogP contribution in [0.2, 0.25) is 0 Å². The van der Waals surface area contributed by atoms with E-state index < -0.39 is 0 Å². The molecule has 1 unspecified atom stereocenters. The van der Waals surface area contributed by atoms with E-state index in [2.05, 4.69) is 21.4 Å². The highest BCUT2D eigenvalue weighted by Gasteiger charge is 2.16. The third-order valence-corrected chi connectivity index (χ3v) is 2.72. The average molecular weight is 203 g/mol. The third-order valence-electron chi connectivity index (χ3n) is 2.72. The molecule has 2 aromatic rings. The van der Waals surface area contributed by atoms with Gasteiger partial charge in [-0.25, -0.2) is 0 Å². The molecule has 1 atom stereocenters. The summed E-state index contributed by atoms with van der Waals surface area (Å²) < 4.78 is 5.67. The van der Waals surface area contributed by atoms with Crippen LogP contribution in [0.1, 0.15) is 11.7 Å². The maximum Gasteiger partial charge on any atom is 0.0965 e. The summed E-state index contributed by atoms with van der Waals surface area (Å²) in [5, 5.41) is 3.31. The second-order valence-corrected chi connectivity index (χ2v) is 3.74. The number of hydrogen-bond acceptors (Lipinski definition) is 3. The highest BCUT2D eigenvalue weighted by atomic mass is 16.5. The molecule has 0 bridgehead atoms. The number of nitrogens with one attached hydrogen (secondary N) is 2. The minimum Gasteiger partial charge on any atom is -0.371 e. The molecule has 15 heavy (non-hydrogen) atoms. The van der Waals surface area contributed by atoms with Gasteiger partial charge in [-0.3, -0.25) is 4.98 Å². The van der Waals surface area contributed by atoms with Gasteiger partial charge in [0.25, 0.3) is 0 Å². The Labute approximate surface area is 87.7 Å². The van der Waals surface area contributed by atoms with E-state index in [1.54, 1.807) is 0 Å². The van der Waals surface area contributed by atoms with Crippen LogP contribution in [0.3, 0.4) is 0 Å². The summed E-state index contributed by atoms with van der Waals surface area (Å²) >= 11 is 0. The molecule has 3 rings (SSSR count). The van der Waals surface area contributed by atoms with E-state index in [0.29, 0.717) is 0 Å². The van der Waals surface area contributed by atoms with Crippen molar-refractivity contribution in [3.63, 3.8) is 0 Å². The first-order valence-corrected chi connectivity index (χ1v) is 5.19. The minimum absolute atomic E-state index is 0.138. The zero-order valence-electron chi connectivity index (χ0n) is 8.36. The number of aromatic amines is 1. The monoisotopic (exact) mass is 203 g/mol. The quantitative estimate of drug-likeness (QED) is 0.732. The molecule has 0 aliphatic carbocycles. The van der Waals surface area contributed by atoms with Gasteiger partial charge in [-0.05, 0) is 12.1 Å². The van der Waals surface area contributed by atoms with Crippen LogP contribution in [-0.2, 0) is 4.74 Å². The van der Waals surface area contributed by atoms with Gasteiger partial charge in [0, 0.05) is 31.0 Å². The van der Waals surface area contributed by atoms with E-state index in [0.717, 1.165) is 36.3 Å². The van der Waals surface area contributed by atoms with Crippen LogP contribution < -0.4 is 5.32 Å². The molecule has 0 aromatic carbocycles. The molecule has 0 radical (unpaired) electrons. The SMILES string of the molecule is c1cc2ncc(C3CNCCO3)cc2[nH]1. The molecule has 1 fully saturated rings. The zero-order valence-corrected chi connectivity index (χ0v) is 8.36. The molecule has 4 heteroatoms. The second kappa shape index (κ2) is 3.64. The molecule has 0 amide bonds. The topological polar surface area (TPSA) is 49.9 Å². The van der Waals surface area contributed by atoms with Gasteiger partial charge in [0.1, 0.15) is 0 Å². The van der Waals surface area contributed by atoms with Gasteiger partial charge < -0.3 is 15.0 Å². The summed E-state index contributed by atoms with van der Waals surface area (Å²) in [4.78, 5) is 7.54. The van der Waals surface area contributed by atoms with Crippen molar-refractivity contribution in [2.24, 2.45) is 0 Å². The number of aromatic nitrogens is 2. The van der Waals surface area contributed by atoms with Crippen molar-refractivity contribution >= 4 is 11.0 Å². The largest absolute Gasteiger partial charge is 0.371 e. The van der Waals surface area contributed by atoms with E-state index in [9.17, 15) is 0 Å². The van der Waals surface area contributed by atoms with Crippen molar-refractivity contribution in [1.29, 1.82) is 0 Å². The van der Waals surface area contributed by atoms with Crippen LogP contribution in [0, 0.1) is 0 Å². The molecule has 0 spiro atoms. The van der Waals surface area contributed by atoms with Crippen molar-refractivity contribution in [3.05, 3.63) is 30.1 Å². The molecule has 3 heterocycles. The Balaban J connectivity index is 1.95. The van der Waals surface area contributed by atoms with E-state index in [1.165, 1.54) is 0 Å². The number of ether oxygens (including phenoxy) is 1. The van der Waals surface area contributed by atoms with Gasteiger partial charge in [-0.1, -0.05) is 0 Å². The normalized spacial score (nSPS) is 22.0. The lowest BCUT2D eigenvalue weighted by Crippen LogP contribution is -2.33. The first-order valence-electron chi connectivity index (χ1n) is 5.19. The summed E-state index contributed by atoms with van der Waals surface area (Å²) in [6.45, 7) is 2.58. The fraction of sp³-hybridized carbons (Fsp3) is 0.364. The lowest BCUT2D eigenvalue weighted by atomic mass is 10.1. The van der Waals surface area contributed by atoms with Crippen molar-refractivity contribution < 1.29 is 4.74 Å². The lowest BCUT2D eigenvalue weighted by molar-refractivity contribution is 0.0276. The van der Waals surface area contributed by atoms with Crippen molar-refractivity contribution in [3.8, 4) is 0 Å². The third kappa shape index (κ3) is 1.62. The molecule has 78 valence electrons. The van der Waals surface area contributed by atoms with Crippen molar-refractivity contribution in [1.82, 2.24) is 15.3 Å². The fourth-order valence-electron chi connectivity index (χ4n) is 1.91. The second-order valence-electron chi connectivity index (χ2n) is 3.74. The molecule has 2 N–H and O–H groups in total. The number of fused-ring (bicyclic) bond motifs is 1. The van der Waals surface area contributed by atoms with Crippen LogP contribution in [0.4, 0.5) is 0 Å². The van der Waals surface area contributed by atoms with Crippen LogP contribution in [-0.4, -0.2) is 29.7 Å². The van der Waals surface area contributed by atoms with E-state index >= 15 is 0 Å². The molecular weight excluding hydrogens is 190 g/mol. The molecule has 1 saturated heterocycles. The first kappa shape index (κ1) is 8.88. The predicted octanol–water partition coefficient (Wildman–Crippen LogP) is 1.22. The minimum atomic E-state index is 0.138. The fourth-order valence-corrected chi connectivity index (χ4v) is 1.91. The number of rotatable bonds is 1. The Morgan fingerprint density at radius 1 is 1.47 bits per heavy atom. The summed E-state index contributed by atoms with van der Waals surface area (Å²) in [7, 11) is 0. The maximum absolute atomic E-state index is 5.67. The molecular formula is C11H13N3O. The number of nitrogens with zero attached hydrogens (tertiary/aromatic N) is 1. The van der Waals surface area contributed by atoms with Crippen LogP contribution in [0.5, 0.6) is 0 Å². The van der Waals surface area contributed by atoms with Crippen molar-refractivity contribution in [2.75, 3.05) is 19.7 Å². The molecule has 0 saturated carbocycles. The van der Waals surface area contributed by atoms with Gasteiger partial charge in [0.15, 0.2) is 0 Å². The standard InChI is InChI=1S/C11H13N3O/c1-2-13-10-5-8(6-14-9(1)10)11-7-12-3-4-15-11/h1-2,5-6,11-13H,3-4,7H2. The van der Waals surface area contributed by atoms with Gasteiger partial charge >= 0.3 is 0 Å². The Morgan fingerprint density at radius 3 is 3.33 bits per heavy atom. The number of hydrogen-bond donors (Lipinski definition) is 2. The summed E-state index contributed by atoms with van der Waals surface area (Å²) in [5.74, 6) is 0. The Kier molecular flexibility index (Phi) is 2.16. The number of morpholine rings is 1. The Hall–Kier alpha value is -1.39. The maximum atomic E-state index is 5.67. The summed E-state index contributed by atoms with van der Waals surface area (Å²) in [6, 6.07) is 4.08. The van der Waals surface area contributed by atoms with Crippen LogP contribution in [0.15, 0.2) is 24.5 Å². The molecule has 1 aliphatic rings. The molecule has 2 aromatic heterocycles. The highest BCUT2D eigenvalue weighted by Crippen LogP contribution is 2.20. The van der Waals surface area contributed by atoms with Gasteiger partial charge in [0.05, 0.1) is 23.7 Å². The number of pyridine rings is 1. The molecule has 1 aliphatic heterocycles. The first-order chi connectivity index (χ1) is 7.43. The van der Waals surface area contributed by atoms with E-state index in [4.69, 9.17) is 4.74 Å². The zero-order chi connectivity index (χ0) is 10.1. The van der Waals surface area contributed by atoms with E-state index in [1.807, 2.05) is 18.5 Å². The average Bonchev–Trinajstić information content (AvgIpc) is 2.77. The summed E-state index contributed by atoms with van der Waals surface area (Å²) in [5.41, 5.74) is 3.21. The Morgan fingerprint density at radius 2 is 2.47 bits per heavy atom. The van der Waals surface area contributed by atoms with Gasteiger partial charge in [-0.2, -0.15) is 0 Å². The van der Waals surface area contributed by atoms with Gasteiger partial charge in [0.2, 0.25) is 0 Å². The highest BCUT2D eigenvalue weighted by molar-refractivity contribution is 5.75. The molecule has 4 nitrogen and oxygen atoms in total. The number of H-pyrrole nitrogens is 1. The van der Waals surface area contributed by atoms with Crippen LogP contribution in [0.25, 0.3) is 11.0 Å². The van der Waals surface area contributed by atoms with E-state index in [-0.39, 0.29) is 6.10 Å².